The van der Waals surface area contributed by atoms with Crippen LogP contribution in [0.3, 0.4) is 0 Å². The van der Waals surface area contributed by atoms with E-state index in [1.165, 1.54) is 12.1 Å². The predicted octanol–water partition coefficient (Wildman–Crippen LogP) is 6.02. The topological polar surface area (TPSA) is 62.7 Å². The fraction of sp³-hybridized carbons (Fsp3) is 0.357. The average molecular weight is 463 g/mol. The average Bonchev–Trinajstić information content (AvgIpc) is 2.88. The van der Waals surface area contributed by atoms with Crippen LogP contribution in [0.4, 0.5) is 9.18 Å². The summed E-state index contributed by atoms with van der Waals surface area (Å²) in [7, 11) is 0. The van der Waals surface area contributed by atoms with E-state index in [1.54, 1.807) is 24.0 Å². The molecule has 0 saturated carbocycles. The SMILES string of the molecule is CCC(C)(O)c1cc(C2CCN(C(=O)OCc3ccccc3)CC2)cc(-c2ccc(F)cc2)n1. The number of nitrogens with zero attached hydrogens (tertiary/aromatic N) is 2. The lowest BCUT2D eigenvalue weighted by molar-refractivity contribution is 0.0485. The minimum Gasteiger partial charge on any atom is -0.445 e. The zero-order chi connectivity index (χ0) is 24.1. The Hall–Kier alpha value is -3.25. The van der Waals surface area contributed by atoms with Crippen molar-refractivity contribution in [3.63, 3.8) is 0 Å². The molecule has 2 aromatic carbocycles. The highest BCUT2D eigenvalue weighted by Crippen LogP contribution is 2.34. The van der Waals surface area contributed by atoms with Crippen molar-refractivity contribution < 1.29 is 19.0 Å². The van der Waals surface area contributed by atoms with Gasteiger partial charge in [-0.15, -0.1) is 0 Å². The molecule has 1 aliphatic rings. The van der Waals surface area contributed by atoms with E-state index in [-0.39, 0.29) is 24.4 Å². The van der Waals surface area contributed by atoms with Crippen molar-refractivity contribution in [2.24, 2.45) is 0 Å². The summed E-state index contributed by atoms with van der Waals surface area (Å²) in [6.45, 7) is 5.16. The normalized spacial score (nSPS) is 16.2. The largest absolute Gasteiger partial charge is 0.445 e. The second kappa shape index (κ2) is 10.3. The highest BCUT2D eigenvalue weighted by molar-refractivity contribution is 5.68. The summed E-state index contributed by atoms with van der Waals surface area (Å²) in [4.78, 5) is 19.0. The molecule has 4 rings (SSSR count). The van der Waals surface area contributed by atoms with Gasteiger partial charge in [-0.2, -0.15) is 0 Å². The number of aliphatic hydroxyl groups is 1. The maximum atomic E-state index is 13.4. The summed E-state index contributed by atoms with van der Waals surface area (Å²) in [5.41, 5.74) is 3.11. The number of hydrogen-bond donors (Lipinski definition) is 1. The van der Waals surface area contributed by atoms with E-state index in [0.717, 1.165) is 29.5 Å². The Kier molecular flexibility index (Phi) is 7.27. The number of aromatic nitrogens is 1. The molecule has 1 amide bonds. The van der Waals surface area contributed by atoms with Crippen molar-refractivity contribution in [2.75, 3.05) is 13.1 Å². The molecule has 0 radical (unpaired) electrons. The van der Waals surface area contributed by atoms with Gasteiger partial charge in [-0.1, -0.05) is 37.3 Å². The van der Waals surface area contributed by atoms with Gasteiger partial charge >= 0.3 is 6.09 Å². The molecule has 1 aliphatic heterocycles. The first-order valence-electron chi connectivity index (χ1n) is 11.8. The van der Waals surface area contributed by atoms with Crippen LogP contribution in [0.1, 0.15) is 55.8 Å². The van der Waals surface area contributed by atoms with E-state index >= 15 is 0 Å². The third-order valence-corrected chi connectivity index (χ3v) is 6.66. The van der Waals surface area contributed by atoms with Gasteiger partial charge in [0.05, 0.1) is 11.4 Å². The lowest BCUT2D eigenvalue weighted by atomic mass is 9.86. The number of ether oxygens (including phenoxy) is 1. The molecule has 0 aliphatic carbocycles. The monoisotopic (exact) mass is 462 g/mol. The number of rotatable bonds is 6. The molecule has 1 unspecified atom stereocenters. The number of piperidine rings is 1. The first-order chi connectivity index (χ1) is 16.4. The number of halogens is 1. The van der Waals surface area contributed by atoms with Gasteiger partial charge in [0.1, 0.15) is 18.0 Å². The summed E-state index contributed by atoms with van der Waals surface area (Å²) in [6, 6.07) is 19.9. The Morgan fingerprint density at radius 1 is 1.12 bits per heavy atom. The highest BCUT2D eigenvalue weighted by atomic mass is 19.1. The number of likely N-dealkylation sites (tertiary alicyclic amines) is 1. The number of hydrogen-bond acceptors (Lipinski definition) is 4. The van der Waals surface area contributed by atoms with Crippen LogP contribution >= 0.6 is 0 Å². The molecule has 5 nitrogen and oxygen atoms in total. The second-order valence-corrected chi connectivity index (χ2v) is 9.11. The van der Waals surface area contributed by atoms with Crippen molar-refractivity contribution >= 4 is 6.09 Å². The van der Waals surface area contributed by atoms with Crippen LogP contribution in [0.25, 0.3) is 11.3 Å². The van der Waals surface area contributed by atoms with E-state index in [4.69, 9.17) is 9.72 Å². The van der Waals surface area contributed by atoms with Gasteiger partial charge < -0.3 is 14.7 Å². The van der Waals surface area contributed by atoms with Gasteiger partial charge in [-0.05, 0) is 79.6 Å². The number of benzene rings is 2. The third-order valence-electron chi connectivity index (χ3n) is 6.66. The summed E-state index contributed by atoms with van der Waals surface area (Å²) < 4.78 is 18.9. The van der Waals surface area contributed by atoms with Crippen molar-refractivity contribution in [1.82, 2.24) is 9.88 Å². The van der Waals surface area contributed by atoms with Gasteiger partial charge in [0.15, 0.2) is 0 Å². The standard InChI is InChI=1S/C28H31FN2O3/c1-3-28(2,33)26-18-23(17-25(30-26)22-9-11-24(29)12-10-22)21-13-15-31(16-14-21)27(32)34-19-20-7-5-4-6-8-20/h4-12,17-18,21,33H,3,13-16,19H2,1-2H3. The van der Waals surface area contributed by atoms with Crippen LogP contribution < -0.4 is 0 Å². The van der Waals surface area contributed by atoms with Crippen LogP contribution in [0.15, 0.2) is 66.7 Å². The zero-order valence-electron chi connectivity index (χ0n) is 19.7. The molecule has 1 fully saturated rings. The Bertz CT molecular complexity index is 1110. The van der Waals surface area contributed by atoms with E-state index < -0.39 is 5.60 Å². The molecule has 34 heavy (non-hydrogen) atoms. The van der Waals surface area contributed by atoms with Crippen molar-refractivity contribution in [3.05, 3.63) is 89.4 Å². The molecule has 1 saturated heterocycles. The van der Waals surface area contributed by atoms with Gasteiger partial charge in [-0.25, -0.2) is 14.2 Å². The lowest BCUT2D eigenvalue weighted by Gasteiger charge is -2.32. The van der Waals surface area contributed by atoms with E-state index in [1.807, 2.05) is 49.4 Å². The van der Waals surface area contributed by atoms with Crippen molar-refractivity contribution in [2.45, 2.75) is 51.2 Å². The molecule has 6 heteroatoms. The van der Waals surface area contributed by atoms with Gasteiger partial charge in [0, 0.05) is 18.7 Å². The summed E-state index contributed by atoms with van der Waals surface area (Å²) >= 11 is 0. The molecule has 3 aromatic rings. The minimum atomic E-state index is -1.06. The smallest absolute Gasteiger partial charge is 0.410 e. The lowest BCUT2D eigenvalue weighted by Crippen LogP contribution is -2.38. The van der Waals surface area contributed by atoms with Crippen molar-refractivity contribution in [3.8, 4) is 11.3 Å². The fourth-order valence-corrected chi connectivity index (χ4v) is 4.22. The Morgan fingerprint density at radius 2 is 1.79 bits per heavy atom. The second-order valence-electron chi connectivity index (χ2n) is 9.11. The fourth-order valence-electron chi connectivity index (χ4n) is 4.22. The number of carbonyl (C=O) groups is 1. The molecular formula is C28H31FN2O3. The van der Waals surface area contributed by atoms with Crippen LogP contribution in [0, 0.1) is 5.82 Å². The van der Waals surface area contributed by atoms with Crippen LogP contribution in [0.5, 0.6) is 0 Å². The first kappa shape index (κ1) is 23.9. The summed E-state index contributed by atoms with van der Waals surface area (Å²) in [5, 5.41) is 10.9. The quantitative estimate of drug-likeness (QED) is 0.486. The molecule has 1 aromatic heterocycles. The molecule has 1 N–H and O–H groups in total. The molecular weight excluding hydrogens is 431 g/mol. The van der Waals surface area contributed by atoms with Crippen LogP contribution in [-0.2, 0) is 16.9 Å². The molecule has 0 spiro atoms. The third kappa shape index (κ3) is 5.62. The van der Waals surface area contributed by atoms with Crippen LogP contribution in [0.2, 0.25) is 0 Å². The number of amides is 1. The summed E-state index contributed by atoms with van der Waals surface area (Å²) in [5.74, 6) is -0.0704. The van der Waals surface area contributed by atoms with E-state index in [0.29, 0.717) is 30.9 Å². The van der Waals surface area contributed by atoms with Gasteiger partial charge in [0.25, 0.3) is 0 Å². The Balaban J connectivity index is 1.48. The van der Waals surface area contributed by atoms with E-state index in [2.05, 4.69) is 0 Å². The number of pyridine rings is 1. The minimum absolute atomic E-state index is 0.228. The Morgan fingerprint density at radius 3 is 2.44 bits per heavy atom. The maximum absolute atomic E-state index is 13.4. The van der Waals surface area contributed by atoms with E-state index in [9.17, 15) is 14.3 Å². The zero-order valence-corrected chi connectivity index (χ0v) is 19.7. The van der Waals surface area contributed by atoms with Gasteiger partial charge in [0.2, 0.25) is 0 Å². The van der Waals surface area contributed by atoms with Gasteiger partial charge in [-0.3, -0.25) is 0 Å². The highest BCUT2D eigenvalue weighted by Gasteiger charge is 2.28. The maximum Gasteiger partial charge on any atom is 0.410 e. The Labute approximate surface area is 200 Å². The number of carbonyl (C=O) groups excluding carboxylic acids is 1. The predicted molar refractivity (Wildman–Crippen MR) is 130 cm³/mol. The molecule has 1 atom stereocenters. The summed E-state index contributed by atoms with van der Waals surface area (Å²) in [6.07, 6.45) is 1.82. The van der Waals surface area contributed by atoms with Crippen molar-refractivity contribution in [1.29, 1.82) is 0 Å². The molecule has 2 heterocycles. The van der Waals surface area contributed by atoms with Crippen LogP contribution in [-0.4, -0.2) is 34.2 Å². The first-order valence-corrected chi connectivity index (χ1v) is 11.8. The molecule has 178 valence electrons. The molecule has 0 bridgehead atoms.